The first-order chi connectivity index (χ1) is 6.24. The van der Waals surface area contributed by atoms with E-state index in [2.05, 4.69) is 27.0 Å². The highest BCUT2D eigenvalue weighted by atomic mass is 79.9. The number of rotatable bonds is 1. The van der Waals surface area contributed by atoms with Gasteiger partial charge < -0.3 is 9.72 Å². The number of H-pyrrole nitrogens is 1. The fourth-order valence-electron chi connectivity index (χ4n) is 1.46. The van der Waals surface area contributed by atoms with E-state index in [4.69, 9.17) is 4.74 Å². The van der Waals surface area contributed by atoms with Crippen molar-refractivity contribution in [1.29, 1.82) is 0 Å². The number of aryl methyl sites for hydroxylation is 1. The first-order valence-electron chi connectivity index (χ1n) is 4.05. The van der Waals surface area contributed by atoms with Crippen LogP contribution in [-0.2, 0) is 0 Å². The molecule has 0 spiro atoms. The SMILES string of the molecule is COc1cccc2c(Br)c(C)[nH]c12. The second-order valence-corrected chi connectivity index (χ2v) is 3.74. The van der Waals surface area contributed by atoms with Crippen molar-refractivity contribution in [2.45, 2.75) is 6.92 Å². The summed E-state index contributed by atoms with van der Waals surface area (Å²) in [5.41, 5.74) is 2.17. The lowest BCUT2D eigenvalue weighted by molar-refractivity contribution is 0.419. The summed E-state index contributed by atoms with van der Waals surface area (Å²) in [5.74, 6) is 0.881. The summed E-state index contributed by atoms with van der Waals surface area (Å²) in [4.78, 5) is 3.27. The molecule has 0 aliphatic carbocycles. The number of hydrogen-bond donors (Lipinski definition) is 1. The molecule has 0 bridgehead atoms. The summed E-state index contributed by atoms with van der Waals surface area (Å²) in [6, 6.07) is 6.00. The summed E-state index contributed by atoms with van der Waals surface area (Å²) in [6.07, 6.45) is 0. The van der Waals surface area contributed by atoms with Gasteiger partial charge in [0.1, 0.15) is 5.75 Å². The van der Waals surface area contributed by atoms with Crippen LogP contribution < -0.4 is 4.74 Å². The number of methoxy groups -OCH3 is 1. The molecule has 68 valence electrons. The van der Waals surface area contributed by atoms with Crippen LogP contribution in [0.4, 0.5) is 0 Å². The summed E-state index contributed by atoms with van der Waals surface area (Å²) in [6.45, 7) is 2.03. The Kier molecular flexibility index (Phi) is 2.04. The third-order valence-electron chi connectivity index (χ3n) is 2.12. The molecule has 1 N–H and O–H groups in total. The maximum atomic E-state index is 5.24. The molecule has 1 aromatic carbocycles. The minimum absolute atomic E-state index is 0.881. The van der Waals surface area contributed by atoms with Crippen molar-refractivity contribution in [2.24, 2.45) is 0 Å². The molecule has 0 amide bonds. The Hall–Kier alpha value is -0.960. The average Bonchev–Trinajstić information content (AvgIpc) is 2.43. The van der Waals surface area contributed by atoms with E-state index in [1.807, 2.05) is 19.1 Å². The second-order valence-electron chi connectivity index (χ2n) is 2.95. The zero-order valence-corrected chi connectivity index (χ0v) is 9.10. The van der Waals surface area contributed by atoms with Gasteiger partial charge in [0.15, 0.2) is 0 Å². The predicted molar refractivity (Wildman–Crippen MR) is 57.3 cm³/mol. The highest BCUT2D eigenvalue weighted by molar-refractivity contribution is 9.10. The van der Waals surface area contributed by atoms with E-state index < -0.39 is 0 Å². The topological polar surface area (TPSA) is 25.0 Å². The van der Waals surface area contributed by atoms with Crippen molar-refractivity contribution in [3.63, 3.8) is 0 Å². The number of para-hydroxylation sites is 1. The lowest BCUT2D eigenvalue weighted by atomic mass is 10.2. The van der Waals surface area contributed by atoms with Crippen molar-refractivity contribution in [2.75, 3.05) is 7.11 Å². The molecule has 2 rings (SSSR count). The molecule has 3 heteroatoms. The lowest BCUT2D eigenvalue weighted by Crippen LogP contribution is -1.83. The number of aromatic amines is 1. The molecule has 0 aliphatic heterocycles. The normalized spacial score (nSPS) is 10.7. The van der Waals surface area contributed by atoms with Crippen molar-refractivity contribution >= 4 is 26.8 Å². The average molecular weight is 240 g/mol. The van der Waals surface area contributed by atoms with Gasteiger partial charge in [-0.3, -0.25) is 0 Å². The van der Waals surface area contributed by atoms with Crippen LogP contribution in [0.3, 0.4) is 0 Å². The molecule has 2 nitrogen and oxygen atoms in total. The van der Waals surface area contributed by atoms with Gasteiger partial charge >= 0.3 is 0 Å². The Bertz CT molecular complexity index is 447. The van der Waals surface area contributed by atoms with E-state index in [9.17, 15) is 0 Å². The minimum atomic E-state index is 0.881. The fourth-order valence-corrected chi connectivity index (χ4v) is 1.89. The molecule has 1 aromatic heterocycles. The maximum Gasteiger partial charge on any atom is 0.142 e. The number of fused-ring (bicyclic) bond motifs is 1. The number of aromatic nitrogens is 1. The molecular formula is C10H10BrNO. The van der Waals surface area contributed by atoms with Gasteiger partial charge in [0, 0.05) is 15.6 Å². The Balaban J connectivity index is 2.84. The number of hydrogen-bond acceptors (Lipinski definition) is 1. The molecule has 0 saturated carbocycles. The maximum absolute atomic E-state index is 5.24. The molecular weight excluding hydrogens is 230 g/mol. The van der Waals surface area contributed by atoms with Gasteiger partial charge in [-0.1, -0.05) is 12.1 Å². The monoisotopic (exact) mass is 239 g/mol. The third-order valence-corrected chi connectivity index (χ3v) is 3.15. The van der Waals surface area contributed by atoms with Crippen molar-refractivity contribution < 1.29 is 4.74 Å². The van der Waals surface area contributed by atoms with Crippen molar-refractivity contribution in [3.05, 3.63) is 28.4 Å². The van der Waals surface area contributed by atoms with Gasteiger partial charge in [-0.05, 0) is 28.9 Å². The van der Waals surface area contributed by atoms with Crippen molar-refractivity contribution in [1.82, 2.24) is 4.98 Å². The second kappa shape index (κ2) is 3.07. The van der Waals surface area contributed by atoms with E-state index in [1.54, 1.807) is 7.11 Å². The Morgan fingerprint density at radius 1 is 1.38 bits per heavy atom. The van der Waals surface area contributed by atoms with Crippen LogP contribution in [0.1, 0.15) is 5.69 Å². The van der Waals surface area contributed by atoms with Gasteiger partial charge in [-0.25, -0.2) is 0 Å². The van der Waals surface area contributed by atoms with Gasteiger partial charge in [0.2, 0.25) is 0 Å². The van der Waals surface area contributed by atoms with Crippen LogP contribution in [-0.4, -0.2) is 12.1 Å². The van der Waals surface area contributed by atoms with E-state index in [0.29, 0.717) is 0 Å². The van der Waals surface area contributed by atoms with Crippen LogP contribution in [0.15, 0.2) is 22.7 Å². The van der Waals surface area contributed by atoms with Crippen LogP contribution >= 0.6 is 15.9 Å². The number of ether oxygens (including phenoxy) is 1. The molecule has 0 fully saturated rings. The Labute approximate surface area is 85.0 Å². The van der Waals surface area contributed by atoms with Crippen LogP contribution in [0, 0.1) is 6.92 Å². The summed E-state index contributed by atoms with van der Waals surface area (Å²) < 4.78 is 6.36. The fraction of sp³-hybridized carbons (Fsp3) is 0.200. The molecule has 0 atom stereocenters. The minimum Gasteiger partial charge on any atom is -0.495 e. The summed E-state index contributed by atoms with van der Waals surface area (Å²) >= 11 is 3.53. The number of nitrogens with one attached hydrogen (secondary N) is 1. The molecule has 0 saturated heterocycles. The lowest BCUT2D eigenvalue weighted by Gasteiger charge is -1.99. The molecule has 0 aliphatic rings. The van der Waals surface area contributed by atoms with Gasteiger partial charge in [0.25, 0.3) is 0 Å². The molecule has 13 heavy (non-hydrogen) atoms. The standard InChI is InChI=1S/C10H10BrNO/c1-6-9(11)7-4-3-5-8(13-2)10(7)12-6/h3-5,12H,1-2H3. The quantitative estimate of drug-likeness (QED) is 0.813. The molecule has 1 heterocycles. The van der Waals surface area contributed by atoms with E-state index in [0.717, 1.165) is 26.8 Å². The first-order valence-corrected chi connectivity index (χ1v) is 4.84. The number of halogens is 1. The van der Waals surface area contributed by atoms with Crippen LogP contribution in [0.25, 0.3) is 10.9 Å². The summed E-state index contributed by atoms with van der Waals surface area (Å²) in [5, 5.41) is 1.16. The van der Waals surface area contributed by atoms with Gasteiger partial charge in [-0.2, -0.15) is 0 Å². The highest BCUT2D eigenvalue weighted by Gasteiger charge is 2.08. The first kappa shape index (κ1) is 8.63. The summed E-state index contributed by atoms with van der Waals surface area (Å²) in [7, 11) is 1.68. The molecule has 0 radical (unpaired) electrons. The molecule has 0 unspecified atom stereocenters. The predicted octanol–water partition coefficient (Wildman–Crippen LogP) is 3.25. The highest BCUT2D eigenvalue weighted by Crippen LogP contribution is 2.32. The van der Waals surface area contributed by atoms with E-state index in [-0.39, 0.29) is 0 Å². The van der Waals surface area contributed by atoms with Crippen LogP contribution in [0.5, 0.6) is 5.75 Å². The van der Waals surface area contributed by atoms with Crippen LogP contribution in [0.2, 0.25) is 0 Å². The van der Waals surface area contributed by atoms with E-state index in [1.165, 1.54) is 0 Å². The number of benzene rings is 1. The zero-order chi connectivity index (χ0) is 9.42. The molecule has 2 aromatic rings. The Morgan fingerprint density at radius 3 is 2.85 bits per heavy atom. The smallest absolute Gasteiger partial charge is 0.142 e. The largest absolute Gasteiger partial charge is 0.495 e. The third kappa shape index (κ3) is 1.23. The zero-order valence-electron chi connectivity index (χ0n) is 7.52. The van der Waals surface area contributed by atoms with Gasteiger partial charge in [0.05, 0.1) is 12.6 Å². The van der Waals surface area contributed by atoms with Crippen molar-refractivity contribution in [3.8, 4) is 5.75 Å². The Morgan fingerprint density at radius 2 is 2.15 bits per heavy atom. The van der Waals surface area contributed by atoms with E-state index >= 15 is 0 Å². The van der Waals surface area contributed by atoms with Gasteiger partial charge in [-0.15, -0.1) is 0 Å².